The van der Waals surface area contributed by atoms with E-state index in [4.69, 9.17) is 6.42 Å². The van der Waals surface area contributed by atoms with Gasteiger partial charge in [0.2, 0.25) is 0 Å². The van der Waals surface area contributed by atoms with E-state index in [0.717, 1.165) is 18.5 Å². The number of terminal acetylenes is 1. The van der Waals surface area contributed by atoms with Crippen LogP contribution in [0.15, 0.2) is 35.4 Å². The number of rotatable bonds is 4. The molecule has 1 unspecified atom stereocenters. The zero-order valence-corrected chi connectivity index (χ0v) is 16.7. The molecule has 7 heteroatoms. The van der Waals surface area contributed by atoms with Gasteiger partial charge in [-0.2, -0.15) is 0 Å². The third kappa shape index (κ3) is 3.97. The largest absolute Gasteiger partial charge is 0.360 e. The van der Waals surface area contributed by atoms with Gasteiger partial charge in [0.15, 0.2) is 21.3 Å². The Morgan fingerprint density at radius 1 is 1.26 bits per heavy atom. The van der Waals surface area contributed by atoms with Crippen molar-refractivity contribution in [2.45, 2.75) is 23.0 Å². The molecule has 1 atom stereocenters. The van der Waals surface area contributed by atoms with Crippen LogP contribution in [-0.2, 0) is 9.84 Å². The van der Waals surface area contributed by atoms with Crippen LogP contribution in [0, 0.1) is 12.3 Å². The maximum Gasteiger partial charge on any atom is 0.182 e. The van der Waals surface area contributed by atoms with Crippen LogP contribution < -0.4 is 4.90 Å². The Bertz CT molecular complexity index is 962. The first-order valence-electron chi connectivity index (χ1n) is 8.87. The number of anilines is 1. The molecule has 3 rings (SSSR count). The fourth-order valence-corrected chi connectivity index (χ4v) is 5.15. The van der Waals surface area contributed by atoms with Gasteiger partial charge in [0.25, 0.3) is 0 Å². The number of nitrogens with zero attached hydrogens (tertiary/aromatic N) is 4. The summed E-state index contributed by atoms with van der Waals surface area (Å²) >= 11 is 0. The van der Waals surface area contributed by atoms with E-state index in [9.17, 15) is 8.42 Å². The summed E-state index contributed by atoms with van der Waals surface area (Å²) in [6, 6.07) is 6.82. The molecule has 0 saturated carbocycles. The topological polar surface area (TPSA) is 66.4 Å². The van der Waals surface area contributed by atoms with Crippen LogP contribution in [0.3, 0.4) is 0 Å². The van der Waals surface area contributed by atoms with Crippen LogP contribution >= 0.6 is 0 Å². The fraction of sp³-hybridized carbons (Fsp3) is 0.400. The molecule has 0 bridgehead atoms. The second-order valence-electron chi connectivity index (χ2n) is 7.06. The molecule has 142 valence electrons. The van der Waals surface area contributed by atoms with E-state index in [-0.39, 0.29) is 5.25 Å². The Kier molecular flexibility index (Phi) is 5.49. The van der Waals surface area contributed by atoms with E-state index < -0.39 is 9.84 Å². The molecule has 1 saturated heterocycles. The van der Waals surface area contributed by atoms with Crippen LogP contribution in [-0.4, -0.2) is 62.8 Å². The highest BCUT2D eigenvalue weighted by Gasteiger charge is 2.30. The lowest BCUT2D eigenvalue weighted by molar-refractivity contribution is 0.278. The van der Waals surface area contributed by atoms with Crippen molar-refractivity contribution in [1.82, 2.24) is 14.9 Å². The molecule has 0 N–H and O–H groups in total. The Labute approximate surface area is 161 Å². The van der Waals surface area contributed by atoms with Gasteiger partial charge in [0, 0.05) is 26.2 Å². The standard InChI is InChI=1S/C20H24N4O2S/c1-5-18-20(23(2)3)21-13-19(22-18)15-8-10-16(11-9-15)27(25,26)17-7-6-12-24(4)14-17/h1,8-11,13,17H,6-7,12,14H2,2-4H3. The first-order valence-corrected chi connectivity index (χ1v) is 10.4. The molecular formula is C20H24N4O2S. The van der Waals surface area contributed by atoms with E-state index in [1.165, 1.54) is 0 Å². The average molecular weight is 385 g/mol. The zero-order chi connectivity index (χ0) is 19.6. The summed E-state index contributed by atoms with van der Waals surface area (Å²) < 4.78 is 25.8. The average Bonchev–Trinajstić information content (AvgIpc) is 2.67. The van der Waals surface area contributed by atoms with Crippen molar-refractivity contribution in [2.75, 3.05) is 39.1 Å². The number of sulfone groups is 1. The first-order chi connectivity index (χ1) is 12.8. The minimum Gasteiger partial charge on any atom is -0.360 e. The van der Waals surface area contributed by atoms with Crippen molar-refractivity contribution in [2.24, 2.45) is 0 Å². The maximum absolute atomic E-state index is 12.9. The van der Waals surface area contributed by atoms with E-state index in [1.807, 2.05) is 26.0 Å². The molecular weight excluding hydrogens is 360 g/mol. The minimum atomic E-state index is -3.34. The van der Waals surface area contributed by atoms with E-state index in [1.54, 1.807) is 30.5 Å². The molecule has 6 nitrogen and oxygen atoms in total. The van der Waals surface area contributed by atoms with Gasteiger partial charge in [-0.25, -0.2) is 18.4 Å². The lowest BCUT2D eigenvalue weighted by atomic mass is 10.1. The van der Waals surface area contributed by atoms with Crippen molar-refractivity contribution in [3.8, 4) is 23.6 Å². The van der Waals surface area contributed by atoms with E-state index in [2.05, 4.69) is 20.8 Å². The van der Waals surface area contributed by atoms with Crippen molar-refractivity contribution < 1.29 is 8.42 Å². The number of aromatic nitrogens is 2. The Morgan fingerprint density at radius 3 is 2.56 bits per heavy atom. The molecule has 27 heavy (non-hydrogen) atoms. The summed E-state index contributed by atoms with van der Waals surface area (Å²) in [5.74, 6) is 3.18. The van der Waals surface area contributed by atoms with Crippen LogP contribution in [0.4, 0.5) is 5.82 Å². The molecule has 2 aromatic rings. The number of hydrogen-bond donors (Lipinski definition) is 0. The Balaban J connectivity index is 1.88. The molecule has 0 radical (unpaired) electrons. The minimum absolute atomic E-state index is 0.349. The van der Waals surface area contributed by atoms with Gasteiger partial charge in [-0.05, 0) is 44.5 Å². The summed E-state index contributed by atoms with van der Waals surface area (Å²) in [6.07, 6.45) is 8.81. The van der Waals surface area contributed by atoms with Gasteiger partial charge in [-0.3, -0.25) is 0 Å². The molecule has 0 aliphatic carbocycles. The number of benzene rings is 1. The van der Waals surface area contributed by atoms with Gasteiger partial charge < -0.3 is 9.80 Å². The first kappa shape index (κ1) is 19.3. The van der Waals surface area contributed by atoms with Crippen molar-refractivity contribution in [1.29, 1.82) is 0 Å². The van der Waals surface area contributed by atoms with Gasteiger partial charge in [0.1, 0.15) is 0 Å². The molecule has 0 amide bonds. The van der Waals surface area contributed by atoms with Crippen LogP contribution in [0.5, 0.6) is 0 Å². The van der Waals surface area contributed by atoms with Gasteiger partial charge in [-0.1, -0.05) is 12.1 Å². The van der Waals surface area contributed by atoms with Crippen molar-refractivity contribution in [3.63, 3.8) is 0 Å². The molecule has 1 aliphatic heterocycles. The lowest BCUT2D eigenvalue weighted by Gasteiger charge is -2.29. The summed E-state index contributed by atoms with van der Waals surface area (Å²) in [5.41, 5.74) is 1.86. The van der Waals surface area contributed by atoms with Gasteiger partial charge in [-0.15, -0.1) is 6.42 Å². The van der Waals surface area contributed by atoms with Gasteiger partial charge in [0.05, 0.1) is 22.0 Å². The third-order valence-corrected chi connectivity index (χ3v) is 7.00. The van der Waals surface area contributed by atoms with Crippen molar-refractivity contribution >= 4 is 15.7 Å². The molecule has 2 heterocycles. The molecule has 0 spiro atoms. The second kappa shape index (κ2) is 7.67. The number of piperidine rings is 1. The summed E-state index contributed by atoms with van der Waals surface area (Å²) in [7, 11) is 2.33. The fourth-order valence-electron chi connectivity index (χ4n) is 3.33. The normalized spacial score (nSPS) is 18.1. The quantitative estimate of drug-likeness (QED) is 0.752. The highest BCUT2D eigenvalue weighted by Crippen LogP contribution is 2.26. The van der Waals surface area contributed by atoms with E-state index in [0.29, 0.717) is 35.1 Å². The SMILES string of the molecule is C#Cc1nc(-c2ccc(S(=O)(=O)C3CCCN(C)C3)cc2)cnc1N(C)C. The molecule has 1 aromatic carbocycles. The maximum atomic E-state index is 12.9. The summed E-state index contributed by atoms with van der Waals surface area (Å²) in [4.78, 5) is 13.1. The lowest BCUT2D eigenvalue weighted by Crippen LogP contribution is -2.40. The van der Waals surface area contributed by atoms with E-state index >= 15 is 0 Å². The van der Waals surface area contributed by atoms with Crippen LogP contribution in [0.2, 0.25) is 0 Å². The molecule has 1 aromatic heterocycles. The summed E-state index contributed by atoms with van der Waals surface area (Å²) in [6.45, 7) is 1.52. The highest BCUT2D eigenvalue weighted by molar-refractivity contribution is 7.92. The Morgan fingerprint density at radius 2 is 1.96 bits per heavy atom. The highest BCUT2D eigenvalue weighted by atomic mass is 32.2. The third-order valence-electron chi connectivity index (χ3n) is 4.81. The summed E-state index contributed by atoms with van der Waals surface area (Å²) in [5, 5.41) is -0.352. The monoisotopic (exact) mass is 384 g/mol. The Hall–Kier alpha value is -2.43. The predicted octanol–water partition coefficient (Wildman–Crippen LogP) is 2.06. The van der Waals surface area contributed by atoms with Crippen LogP contribution in [0.1, 0.15) is 18.5 Å². The predicted molar refractivity (Wildman–Crippen MR) is 107 cm³/mol. The van der Waals surface area contributed by atoms with Crippen LogP contribution in [0.25, 0.3) is 11.3 Å². The smallest absolute Gasteiger partial charge is 0.182 e. The zero-order valence-electron chi connectivity index (χ0n) is 15.9. The van der Waals surface area contributed by atoms with Crippen molar-refractivity contribution in [3.05, 3.63) is 36.2 Å². The number of hydrogen-bond acceptors (Lipinski definition) is 6. The molecule has 1 aliphatic rings. The second-order valence-corrected chi connectivity index (χ2v) is 9.29. The number of likely N-dealkylation sites (tertiary alicyclic amines) is 1. The van der Waals surface area contributed by atoms with Gasteiger partial charge >= 0.3 is 0 Å². The molecule has 1 fully saturated rings.